The number of rotatable bonds is 5. The van der Waals surface area contributed by atoms with Crippen molar-refractivity contribution in [2.24, 2.45) is 5.92 Å². The molecule has 3 heteroatoms. The topological polar surface area (TPSA) is 20.2 Å². The number of hydrogen-bond donors (Lipinski definition) is 1. The molecule has 0 aliphatic rings. The van der Waals surface area contributed by atoms with Gasteiger partial charge < -0.3 is 5.11 Å². The summed E-state index contributed by atoms with van der Waals surface area (Å²) in [6.07, 6.45) is 3.21. The van der Waals surface area contributed by atoms with E-state index < -0.39 is 17.7 Å². The summed E-state index contributed by atoms with van der Waals surface area (Å²) in [4.78, 5) is 0. The number of halogens is 2. The second kappa shape index (κ2) is 7.91. The minimum absolute atomic E-state index is 0.137. The van der Waals surface area contributed by atoms with E-state index in [1.165, 1.54) is 6.07 Å². The van der Waals surface area contributed by atoms with Crippen LogP contribution in [0.1, 0.15) is 45.1 Å². The van der Waals surface area contributed by atoms with E-state index in [1.807, 2.05) is 6.92 Å². The average molecular weight is 266 g/mol. The zero-order valence-electron chi connectivity index (χ0n) is 11.4. The molecular formula is C16H20F2O. The van der Waals surface area contributed by atoms with Crippen LogP contribution in [0.2, 0.25) is 0 Å². The number of hydrogen-bond acceptors (Lipinski definition) is 1. The molecule has 0 aliphatic carbocycles. The standard InChI is InChI=1S/C16H20F2O/c1-3-5-6-13(4-2)16(19)10-8-12-7-9-14(17)15(18)11-12/h7,9,11,13,16,19H,3-6H2,1-2H3. The van der Waals surface area contributed by atoms with Crippen LogP contribution < -0.4 is 0 Å². The number of aliphatic hydroxyl groups excluding tert-OH is 1. The Morgan fingerprint density at radius 1 is 1.21 bits per heavy atom. The van der Waals surface area contributed by atoms with E-state index in [2.05, 4.69) is 18.8 Å². The molecule has 0 amide bonds. The second-order valence-corrected chi connectivity index (χ2v) is 4.65. The number of unbranched alkanes of at least 4 members (excludes halogenated alkanes) is 1. The van der Waals surface area contributed by atoms with Crippen LogP contribution in [0.15, 0.2) is 18.2 Å². The predicted molar refractivity (Wildman–Crippen MR) is 72.5 cm³/mol. The van der Waals surface area contributed by atoms with E-state index in [0.29, 0.717) is 5.56 Å². The van der Waals surface area contributed by atoms with E-state index >= 15 is 0 Å². The van der Waals surface area contributed by atoms with E-state index in [0.717, 1.165) is 37.8 Å². The Kier molecular flexibility index (Phi) is 6.52. The Morgan fingerprint density at radius 3 is 2.53 bits per heavy atom. The fourth-order valence-corrected chi connectivity index (χ4v) is 1.90. The first-order chi connectivity index (χ1) is 9.08. The van der Waals surface area contributed by atoms with E-state index in [4.69, 9.17) is 0 Å². The fourth-order valence-electron chi connectivity index (χ4n) is 1.90. The van der Waals surface area contributed by atoms with Gasteiger partial charge in [-0.1, -0.05) is 38.5 Å². The number of benzene rings is 1. The second-order valence-electron chi connectivity index (χ2n) is 4.65. The molecule has 0 radical (unpaired) electrons. The lowest BCUT2D eigenvalue weighted by atomic mass is 9.93. The zero-order valence-corrected chi connectivity index (χ0v) is 11.4. The highest BCUT2D eigenvalue weighted by Gasteiger charge is 2.14. The maximum atomic E-state index is 13.0. The minimum Gasteiger partial charge on any atom is -0.380 e. The van der Waals surface area contributed by atoms with Gasteiger partial charge in [-0.25, -0.2) is 8.78 Å². The summed E-state index contributed by atoms with van der Waals surface area (Å²) in [5.74, 6) is 3.75. The van der Waals surface area contributed by atoms with Crippen molar-refractivity contribution in [3.05, 3.63) is 35.4 Å². The lowest BCUT2D eigenvalue weighted by molar-refractivity contribution is 0.150. The first kappa shape index (κ1) is 15.7. The molecule has 1 aromatic rings. The normalized spacial score (nSPS) is 13.5. The molecule has 104 valence electrons. The van der Waals surface area contributed by atoms with Gasteiger partial charge in [0.1, 0.15) is 6.10 Å². The van der Waals surface area contributed by atoms with E-state index in [-0.39, 0.29) is 5.92 Å². The molecule has 0 spiro atoms. The molecule has 0 heterocycles. The zero-order chi connectivity index (χ0) is 14.3. The van der Waals surface area contributed by atoms with Crippen LogP contribution in [0.4, 0.5) is 8.78 Å². The van der Waals surface area contributed by atoms with E-state index in [9.17, 15) is 13.9 Å². The smallest absolute Gasteiger partial charge is 0.160 e. The molecule has 2 unspecified atom stereocenters. The van der Waals surface area contributed by atoms with Crippen molar-refractivity contribution in [1.29, 1.82) is 0 Å². The first-order valence-corrected chi connectivity index (χ1v) is 6.73. The highest BCUT2D eigenvalue weighted by atomic mass is 19.2. The summed E-state index contributed by atoms with van der Waals surface area (Å²) in [7, 11) is 0. The minimum atomic E-state index is -0.917. The molecular weight excluding hydrogens is 246 g/mol. The van der Waals surface area contributed by atoms with Crippen molar-refractivity contribution >= 4 is 0 Å². The molecule has 19 heavy (non-hydrogen) atoms. The van der Waals surface area contributed by atoms with Gasteiger partial charge >= 0.3 is 0 Å². The van der Waals surface area contributed by atoms with Crippen LogP contribution >= 0.6 is 0 Å². The van der Waals surface area contributed by atoms with Crippen molar-refractivity contribution in [1.82, 2.24) is 0 Å². The Hall–Kier alpha value is -1.40. The molecule has 0 aliphatic heterocycles. The van der Waals surface area contributed by atoms with Gasteiger partial charge in [-0.2, -0.15) is 0 Å². The molecule has 0 aromatic heterocycles. The Labute approximate surface area is 113 Å². The van der Waals surface area contributed by atoms with Crippen molar-refractivity contribution in [3.8, 4) is 11.8 Å². The largest absolute Gasteiger partial charge is 0.380 e. The maximum Gasteiger partial charge on any atom is 0.160 e. The van der Waals surface area contributed by atoms with Crippen molar-refractivity contribution in [3.63, 3.8) is 0 Å². The molecule has 1 N–H and O–H groups in total. The van der Waals surface area contributed by atoms with Gasteiger partial charge in [0.05, 0.1) is 0 Å². The molecule has 0 fully saturated rings. The lowest BCUT2D eigenvalue weighted by Gasteiger charge is -2.16. The van der Waals surface area contributed by atoms with Gasteiger partial charge in [0.2, 0.25) is 0 Å². The monoisotopic (exact) mass is 266 g/mol. The predicted octanol–water partition coefficient (Wildman–Crippen LogP) is 3.89. The molecule has 2 atom stereocenters. The van der Waals surface area contributed by atoms with Crippen LogP contribution in [0.5, 0.6) is 0 Å². The third kappa shape index (κ3) is 5.00. The van der Waals surface area contributed by atoms with Gasteiger partial charge in [-0.05, 0) is 37.0 Å². The Morgan fingerprint density at radius 2 is 1.95 bits per heavy atom. The van der Waals surface area contributed by atoms with Gasteiger partial charge in [-0.3, -0.25) is 0 Å². The third-order valence-corrected chi connectivity index (χ3v) is 3.18. The van der Waals surface area contributed by atoms with Crippen molar-refractivity contribution < 1.29 is 13.9 Å². The summed E-state index contributed by atoms with van der Waals surface area (Å²) in [6, 6.07) is 3.49. The average Bonchev–Trinajstić information content (AvgIpc) is 2.41. The van der Waals surface area contributed by atoms with Gasteiger partial charge in [-0.15, -0.1) is 0 Å². The summed E-state index contributed by atoms with van der Waals surface area (Å²) >= 11 is 0. The lowest BCUT2D eigenvalue weighted by Crippen LogP contribution is -2.17. The molecule has 0 bridgehead atoms. The van der Waals surface area contributed by atoms with Crippen LogP contribution in [-0.2, 0) is 0 Å². The summed E-state index contributed by atoms with van der Waals surface area (Å²) in [6.45, 7) is 4.12. The van der Waals surface area contributed by atoms with Crippen LogP contribution in [0.25, 0.3) is 0 Å². The fraction of sp³-hybridized carbons (Fsp3) is 0.500. The molecule has 0 saturated heterocycles. The van der Waals surface area contributed by atoms with Crippen LogP contribution in [0.3, 0.4) is 0 Å². The highest BCUT2D eigenvalue weighted by Crippen LogP contribution is 2.16. The van der Waals surface area contributed by atoms with Crippen LogP contribution in [0, 0.1) is 29.4 Å². The molecule has 1 aromatic carbocycles. The van der Waals surface area contributed by atoms with Crippen molar-refractivity contribution in [2.45, 2.75) is 45.6 Å². The van der Waals surface area contributed by atoms with E-state index in [1.54, 1.807) is 0 Å². The molecule has 1 rings (SSSR count). The quantitative estimate of drug-likeness (QED) is 0.801. The Bertz CT molecular complexity index is 460. The first-order valence-electron chi connectivity index (χ1n) is 6.73. The van der Waals surface area contributed by atoms with Gasteiger partial charge in [0, 0.05) is 5.56 Å². The Balaban J connectivity index is 2.71. The molecule has 0 saturated carbocycles. The number of aliphatic hydroxyl groups is 1. The van der Waals surface area contributed by atoms with Gasteiger partial charge in [0.25, 0.3) is 0 Å². The summed E-state index contributed by atoms with van der Waals surface area (Å²) in [5, 5.41) is 9.98. The summed E-state index contributed by atoms with van der Waals surface area (Å²) in [5.41, 5.74) is 0.378. The van der Waals surface area contributed by atoms with Gasteiger partial charge in [0.15, 0.2) is 11.6 Å². The maximum absolute atomic E-state index is 13.0. The SMILES string of the molecule is CCCCC(CC)C(O)C#Cc1ccc(F)c(F)c1. The molecule has 1 nitrogen and oxygen atoms in total. The third-order valence-electron chi connectivity index (χ3n) is 3.18. The van der Waals surface area contributed by atoms with Crippen LogP contribution in [-0.4, -0.2) is 11.2 Å². The summed E-state index contributed by atoms with van der Waals surface area (Å²) < 4.78 is 25.7. The highest BCUT2D eigenvalue weighted by molar-refractivity contribution is 5.35. The van der Waals surface area contributed by atoms with Crippen molar-refractivity contribution in [2.75, 3.05) is 0 Å².